The Morgan fingerprint density at radius 2 is 1.86 bits per heavy atom. The Kier molecular flexibility index (Phi) is 7.76. The van der Waals surface area contributed by atoms with Crippen molar-refractivity contribution in [2.45, 2.75) is 78.1 Å². The molecule has 0 bridgehead atoms. The van der Waals surface area contributed by atoms with Gasteiger partial charge >= 0.3 is 11.9 Å². The van der Waals surface area contributed by atoms with Crippen molar-refractivity contribution >= 4 is 11.9 Å². The third kappa shape index (κ3) is 4.72. The van der Waals surface area contributed by atoms with E-state index in [-0.39, 0.29) is 5.97 Å². The predicted octanol–water partition coefficient (Wildman–Crippen LogP) is 4.17. The SMILES string of the molecule is CCCCCC1(C(=O)OCCCC)CCCCC1C(=O)O. The zero-order valence-electron chi connectivity index (χ0n) is 13.5. The molecule has 1 N–H and O–H groups in total. The number of carboxylic acid groups (broad SMARTS) is 1. The molecule has 1 aliphatic rings. The third-order valence-electron chi connectivity index (χ3n) is 4.69. The Hall–Kier alpha value is -1.06. The van der Waals surface area contributed by atoms with Crippen molar-refractivity contribution in [3.05, 3.63) is 0 Å². The minimum atomic E-state index is -0.835. The first-order valence-electron chi connectivity index (χ1n) is 8.48. The lowest BCUT2D eigenvalue weighted by Gasteiger charge is -2.40. The third-order valence-corrected chi connectivity index (χ3v) is 4.69. The van der Waals surface area contributed by atoms with Gasteiger partial charge in [0.1, 0.15) is 0 Å². The number of carbonyl (C=O) groups excluding carboxylic acids is 1. The summed E-state index contributed by atoms with van der Waals surface area (Å²) >= 11 is 0. The number of unbranched alkanes of at least 4 members (excludes halogenated alkanes) is 3. The number of rotatable bonds is 9. The Balaban J connectivity index is 2.85. The lowest BCUT2D eigenvalue weighted by molar-refractivity contribution is -0.171. The van der Waals surface area contributed by atoms with Gasteiger partial charge in [-0.15, -0.1) is 0 Å². The van der Waals surface area contributed by atoms with Crippen LogP contribution in [0.15, 0.2) is 0 Å². The van der Waals surface area contributed by atoms with Crippen LogP contribution < -0.4 is 0 Å². The zero-order valence-corrected chi connectivity index (χ0v) is 13.5. The molecule has 21 heavy (non-hydrogen) atoms. The summed E-state index contributed by atoms with van der Waals surface area (Å²) in [6.45, 7) is 4.57. The molecule has 0 aliphatic heterocycles. The van der Waals surface area contributed by atoms with Gasteiger partial charge in [-0.3, -0.25) is 9.59 Å². The van der Waals surface area contributed by atoms with Crippen LogP contribution in [0.3, 0.4) is 0 Å². The molecule has 0 aromatic heterocycles. The lowest BCUT2D eigenvalue weighted by atomic mass is 9.63. The molecule has 1 rings (SSSR count). The van der Waals surface area contributed by atoms with Gasteiger partial charge < -0.3 is 9.84 Å². The molecule has 0 aromatic carbocycles. The molecule has 1 aliphatic carbocycles. The fraction of sp³-hybridized carbons (Fsp3) is 0.882. The molecule has 4 heteroatoms. The van der Waals surface area contributed by atoms with Gasteiger partial charge in [-0.05, 0) is 25.7 Å². The summed E-state index contributed by atoms with van der Waals surface area (Å²) in [5.74, 6) is -1.67. The van der Waals surface area contributed by atoms with Crippen LogP contribution in [0.5, 0.6) is 0 Å². The van der Waals surface area contributed by atoms with E-state index in [0.717, 1.165) is 44.9 Å². The largest absolute Gasteiger partial charge is 0.481 e. The minimum absolute atomic E-state index is 0.265. The van der Waals surface area contributed by atoms with Gasteiger partial charge in [0.05, 0.1) is 17.9 Å². The maximum Gasteiger partial charge on any atom is 0.312 e. The Morgan fingerprint density at radius 3 is 2.48 bits per heavy atom. The predicted molar refractivity (Wildman–Crippen MR) is 82.0 cm³/mol. The second-order valence-electron chi connectivity index (χ2n) is 6.24. The highest BCUT2D eigenvalue weighted by Gasteiger charge is 2.50. The van der Waals surface area contributed by atoms with Gasteiger partial charge in [0.2, 0.25) is 0 Å². The highest BCUT2D eigenvalue weighted by atomic mass is 16.5. The summed E-state index contributed by atoms with van der Waals surface area (Å²) in [4.78, 5) is 24.2. The molecule has 2 unspecified atom stereocenters. The van der Waals surface area contributed by atoms with Crippen molar-refractivity contribution in [2.75, 3.05) is 6.61 Å². The molecular weight excluding hydrogens is 268 g/mol. The highest BCUT2D eigenvalue weighted by Crippen LogP contribution is 2.46. The number of esters is 1. The van der Waals surface area contributed by atoms with E-state index in [9.17, 15) is 14.7 Å². The van der Waals surface area contributed by atoms with E-state index in [0.29, 0.717) is 25.9 Å². The number of carbonyl (C=O) groups is 2. The lowest BCUT2D eigenvalue weighted by Crippen LogP contribution is -2.46. The average molecular weight is 298 g/mol. The monoisotopic (exact) mass is 298 g/mol. The van der Waals surface area contributed by atoms with Crippen molar-refractivity contribution < 1.29 is 19.4 Å². The average Bonchev–Trinajstić information content (AvgIpc) is 2.47. The number of aliphatic carboxylic acids is 1. The van der Waals surface area contributed by atoms with E-state index in [2.05, 4.69) is 6.92 Å². The molecule has 0 radical (unpaired) electrons. The van der Waals surface area contributed by atoms with Crippen LogP contribution in [0.4, 0.5) is 0 Å². The number of ether oxygens (including phenoxy) is 1. The van der Waals surface area contributed by atoms with Crippen molar-refractivity contribution in [1.82, 2.24) is 0 Å². The topological polar surface area (TPSA) is 63.6 Å². The summed E-state index contributed by atoms with van der Waals surface area (Å²) in [6, 6.07) is 0. The highest BCUT2D eigenvalue weighted by molar-refractivity contribution is 5.85. The Labute approximate surface area is 128 Å². The van der Waals surface area contributed by atoms with Gasteiger partial charge in [0.15, 0.2) is 0 Å². The van der Waals surface area contributed by atoms with Crippen LogP contribution in [0.25, 0.3) is 0 Å². The minimum Gasteiger partial charge on any atom is -0.481 e. The van der Waals surface area contributed by atoms with Crippen LogP contribution >= 0.6 is 0 Å². The number of hydrogen-bond donors (Lipinski definition) is 1. The van der Waals surface area contributed by atoms with E-state index < -0.39 is 17.3 Å². The molecule has 0 aromatic rings. The van der Waals surface area contributed by atoms with Gasteiger partial charge in [-0.2, -0.15) is 0 Å². The molecule has 0 saturated heterocycles. The van der Waals surface area contributed by atoms with Gasteiger partial charge in [0, 0.05) is 0 Å². The fourth-order valence-corrected chi connectivity index (χ4v) is 3.39. The quantitative estimate of drug-likeness (QED) is 0.512. The first kappa shape index (κ1) is 18.0. The van der Waals surface area contributed by atoms with E-state index in [1.165, 1.54) is 0 Å². The molecule has 2 atom stereocenters. The van der Waals surface area contributed by atoms with Gasteiger partial charge in [0.25, 0.3) is 0 Å². The van der Waals surface area contributed by atoms with Gasteiger partial charge in [-0.1, -0.05) is 52.4 Å². The maximum absolute atomic E-state index is 12.6. The van der Waals surface area contributed by atoms with Crippen LogP contribution in [0, 0.1) is 11.3 Å². The first-order valence-corrected chi connectivity index (χ1v) is 8.48. The van der Waals surface area contributed by atoms with Crippen molar-refractivity contribution in [3.8, 4) is 0 Å². The maximum atomic E-state index is 12.6. The van der Waals surface area contributed by atoms with Crippen LogP contribution in [0.2, 0.25) is 0 Å². The second-order valence-corrected chi connectivity index (χ2v) is 6.24. The number of hydrogen-bond acceptors (Lipinski definition) is 3. The number of carboxylic acids is 1. The summed E-state index contributed by atoms with van der Waals surface area (Å²) in [6.07, 6.45) is 8.57. The summed E-state index contributed by atoms with van der Waals surface area (Å²) in [7, 11) is 0. The van der Waals surface area contributed by atoms with Crippen molar-refractivity contribution in [3.63, 3.8) is 0 Å². The summed E-state index contributed by atoms with van der Waals surface area (Å²) < 4.78 is 5.43. The first-order chi connectivity index (χ1) is 10.1. The smallest absolute Gasteiger partial charge is 0.312 e. The van der Waals surface area contributed by atoms with E-state index in [1.54, 1.807) is 0 Å². The molecule has 1 fully saturated rings. The molecular formula is C17H30O4. The molecule has 0 heterocycles. The molecule has 0 spiro atoms. The summed E-state index contributed by atoms with van der Waals surface area (Å²) in [5, 5.41) is 9.54. The van der Waals surface area contributed by atoms with Gasteiger partial charge in [-0.25, -0.2) is 0 Å². The second kappa shape index (κ2) is 9.06. The van der Waals surface area contributed by atoms with E-state index in [1.807, 2.05) is 6.92 Å². The molecule has 0 amide bonds. The Morgan fingerprint density at radius 1 is 1.14 bits per heavy atom. The van der Waals surface area contributed by atoms with Crippen LogP contribution in [0.1, 0.15) is 78.1 Å². The van der Waals surface area contributed by atoms with Crippen molar-refractivity contribution in [1.29, 1.82) is 0 Å². The zero-order chi connectivity index (χ0) is 15.7. The fourth-order valence-electron chi connectivity index (χ4n) is 3.39. The van der Waals surface area contributed by atoms with E-state index >= 15 is 0 Å². The Bertz CT molecular complexity index is 340. The molecule has 1 saturated carbocycles. The van der Waals surface area contributed by atoms with Crippen LogP contribution in [-0.4, -0.2) is 23.7 Å². The molecule has 4 nitrogen and oxygen atoms in total. The normalized spacial score (nSPS) is 25.5. The van der Waals surface area contributed by atoms with E-state index in [4.69, 9.17) is 4.74 Å². The standard InChI is InChI=1S/C17H30O4/c1-3-5-8-11-17(16(20)21-13-6-4-2)12-9-7-10-14(17)15(18)19/h14H,3-13H2,1-2H3,(H,18,19). The van der Waals surface area contributed by atoms with Crippen molar-refractivity contribution in [2.24, 2.45) is 11.3 Å². The summed E-state index contributed by atoms with van der Waals surface area (Å²) in [5.41, 5.74) is -0.785. The van der Waals surface area contributed by atoms with Crippen LogP contribution in [-0.2, 0) is 14.3 Å². The molecule has 122 valence electrons.